The second-order valence-electron chi connectivity index (χ2n) is 8.36. The molecule has 3 N–H and O–H groups in total. The van der Waals surface area contributed by atoms with Crippen LogP contribution >= 0.6 is 22.9 Å². The number of halogens is 1. The van der Waals surface area contributed by atoms with Gasteiger partial charge in [0.15, 0.2) is 15.0 Å². The Morgan fingerprint density at radius 3 is 2.56 bits per heavy atom. The van der Waals surface area contributed by atoms with E-state index < -0.39 is 27.9 Å². The molecule has 190 valence electrons. The maximum atomic E-state index is 12.9. The van der Waals surface area contributed by atoms with Crippen LogP contribution in [0.2, 0.25) is 5.02 Å². The zero-order chi connectivity index (χ0) is 25.9. The van der Waals surface area contributed by atoms with Gasteiger partial charge in [0.1, 0.15) is 0 Å². The third-order valence-electron chi connectivity index (χ3n) is 5.96. The first-order chi connectivity index (χ1) is 17.1. The number of urea groups is 1. The number of aromatic nitrogens is 1. The lowest BCUT2D eigenvalue weighted by atomic mass is 9.95. The van der Waals surface area contributed by atoms with Crippen molar-refractivity contribution >= 4 is 66.2 Å². The lowest BCUT2D eigenvalue weighted by Gasteiger charge is -2.29. The number of likely N-dealkylation sites (tertiary alicyclic amines) is 1. The van der Waals surface area contributed by atoms with Crippen LogP contribution < -0.4 is 10.6 Å². The molecule has 10 nitrogen and oxygen atoms in total. The number of nitrogens with zero attached hydrogens (tertiary/aromatic N) is 2. The van der Waals surface area contributed by atoms with Crippen molar-refractivity contribution in [2.45, 2.75) is 24.2 Å². The van der Waals surface area contributed by atoms with Gasteiger partial charge < -0.3 is 10.0 Å². The summed E-state index contributed by atoms with van der Waals surface area (Å²) in [6.07, 6.45) is 0.804. The van der Waals surface area contributed by atoms with Crippen LogP contribution in [-0.2, 0) is 9.84 Å². The molecule has 1 aliphatic heterocycles. The van der Waals surface area contributed by atoms with Gasteiger partial charge in [-0.05, 0) is 55.5 Å². The standard InChI is InChI=1S/C23H23ClN4O6S2/c24-17-4-2-1-3-16(17)20(29)26-21(30)27-22-25-18-6-5-15(13-19(18)35-22)36(33,34)12-9-14-7-10-28(11-8-14)23(31)32/h1-6,13-14H,7-12H2,(H,31,32)(H2,25,26,27,29,30). The number of thiazole rings is 1. The van der Waals surface area contributed by atoms with E-state index in [1.165, 1.54) is 29.2 Å². The average Bonchev–Trinajstić information content (AvgIpc) is 3.24. The summed E-state index contributed by atoms with van der Waals surface area (Å²) >= 11 is 7.06. The van der Waals surface area contributed by atoms with Crippen molar-refractivity contribution in [2.24, 2.45) is 5.92 Å². The summed E-state index contributed by atoms with van der Waals surface area (Å²) in [6, 6.07) is 10.1. The van der Waals surface area contributed by atoms with Crippen molar-refractivity contribution in [3.8, 4) is 0 Å². The molecule has 2 aromatic carbocycles. The molecule has 0 atom stereocenters. The molecular weight excluding hydrogens is 528 g/mol. The Morgan fingerprint density at radius 1 is 1.14 bits per heavy atom. The normalized spacial score (nSPS) is 14.5. The molecule has 0 bridgehead atoms. The van der Waals surface area contributed by atoms with Crippen molar-refractivity contribution in [3.05, 3.63) is 53.1 Å². The Balaban J connectivity index is 1.37. The number of hydrogen-bond donors (Lipinski definition) is 3. The topological polar surface area (TPSA) is 146 Å². The second-order valence-corrected chi connectivity index (χ2v) is 11.9. The fraction of sp³-hybridized carbons (Fsp3) is 0.304. The number of piperidine rings is 1. The molecule has 3 aromatic rings. The molecule has 0 aliphatic carbocycles. The van der Waals surface area contributed by atoms with Gasteiger partial charge in [0.2, 0.25) is 0 Å². The number of carbonyl (C=O) groups is 3. The van der Waals surface area contributed by atoms with Crippen molar-refractivity contribution < 1.29 is 27.9 Å². The molecule has 4 amide bonds. The highest BCUT2D eigenvalue weighted by Gasteiger charge is 2.25. The van der Waals surface area contributed by atoms with Crippen LogP contribution in [0, 0.1) is 5.92 Å². The molecule has 1 saturated heterocycles. The van der Waals surface area contributed by atoms with Gasteiger partial charge >= 0.3 is 12.1 Å². The minimum atomic E-state index is -3.55. The number of benzene rings is 2. The van der Waals surface area contributed by atoms with Crippen LogP contribution in [0.25, 0.3) is 10.2 Å². The summed E-state index contributed by atoms with van der Waals surface area (Å²) in [5.74, 6) is -0.543. The number of carboxylic acid groups (broad SMARTS) is 1. The number of nitrogens with one attached hydrogen (secondary N) is 2. The van der Waals surface area contributed by atoms with Crippen LogP contribution in [0.3, 0.4) is 0 Å². The molecule has 1 aliphatic rings. The Labute approximate surface area is 216 Å². The molecule has 0 radical (unpaired) electrons. The lowest BCUT2D eigenvalue weighted by Crippen LogP contribution is -2.37. The van der Waals surface area contributed by atoms with Gasteiger partial charge in [0.05, 0.1) is 31.5 Å². The molecule has 4 rings (SSSR count). The molecule has 13 heteroatoms. The van der Waals surface area contributed by atoms with Gasteiger partial charge in [-0.2, -0.15) is 0 Å². The summed E-state index contributed by atoms with van der Waals surface area (Å²) < 4.78 is 26.4. The molecule has 0 saturated carbocycles. The number of fused-ring (bicyclic) bond motifs is 1. The maximum absolute atomic E-state index is 12.9. The van der Waals surface area contributed by atoms with Crippen molar-refractivity contribution in [2.75, 3.05) is 24.2 Å². The number of rotatable bonds is 6. The molecule has 0 unspecified atom stereocenters. The van der Waals surface area contributed by atoms with Crippen LogP contribution in [0.15, 0.2) is 47.4 Å². The monoisotopic (exact) mass is 550 g/mol. The summed E-state index contributed by atoms with van der Waals surface area (Å²) in [5.41, 5.74) is 0.661. The number of sulfone groups is 1. The maximum Gasteiger partial charge on any atom is 0.407 e. The number of amides is 4. The fourth-order valence-corrected chi connectivity index (χ4v) is 6.60. The summed E-state index contributed by atoms with van der Waals surface area (Å²) in [5, 5.41) is 14.1. The van der Waals surface area contributed by atoms with E-state index in [1.807, 2.05) is 0 Å². The van der Waals surface area contributed by atoms with Crippen LogP contribution in [0.5, 0.6) is 0 Å². The number of anilines is 1. The van der Waals surface area contributed by atoms with Crippen LogP contribution in [-0.4, -0.2) is 60.3 Å². The number of imide groups is 1. The van der Waals surface area contributed by atoms with Crippen LogP contribution in [0.4, 0.5) is 14.7 Å². The van der Waals surface area contributed by atoms with Gasteiger partial charge in [-0.15, -0.1) is 0 Å². The van der Waals surface area contributed by atoms with Gasteiger partial charge in [0.25, 0.3) is 5.91 Å². The minimum Gasteiger partial charge on any atom is -0.465 e. The molecular formula is C23H23ClN4O6S2. The largest absolute Gasteiger partial charge is 0.465 e. The Morgan fingerprint density at radius 2 is 1.86 bits per heavy atom. The Hall–Kier alpha value is -3.22. The van der Waals surface area contributed by atoms with Crippen molar-refractivity contribution in [3.63, 3.8) is 0 Å². The SMILES string of the molecule is O=C(NC(=O)c1ccccc1Cl)Nc1nc2ccc(S(=O)(=O)CCC3CCN(C(=O)O)CC3)cc2s1. The first kappa shape index (κ1) is 25.9. The highest BCUT2D eigenvalue weighted by Crippen LogP contribution is 2.29. The van der Waals surface area contributed by atoms with E-state index in [1.54, 1.807) is 18.2 Å². The summed E-state index contributed by atoms with van der Waals surface area (Å²) in [7, 11) is -3.55. The molecule has 1 fully saturated rings. The predicted molar refractivity (Wildman–Crippen MR) is 137 cm³/mol. The van der Waals surface area contributed by atoms with Crippen molar-refractivity contribution in [1.29, 1.82) is 0 Å². The summed E-state index contributed by atoms with van der Waals surface area (Å²) in [4.78, 5) is 41.3. The van der Waals surface area contributed by atoms with E-state index in [0.29, 0.717) is 42.6 Å². The Bertz CT molecular complexity index is 1420. The van der Waals surface area contributed by atoms with E-state index in [9.17, 15) is 22.8 Å². The van der Waals surface area contributed by atoms with E-state index in [-0.39, 0.29) is 32.3 Å². The zero-order valence-electron chi connectivity index (χ0n) is 18.9. The highest BCUT2D eigenvalue weighted by molar-refractivity contribution is 7.91. The highest BCUT2D eigenvalue weighted by atomic mass is 35.5. The third-order valence-corrected chi connectivity index (χ3v) is 8.97. The first-order valence-corrected chi connectivity index (χ1v) is 13.9. The van der Waals surface area contributed by atoms with E-state index in [4.69, 9.17) is 16.7 Å². The molecule has 2 heterocycles. The number of carbonyl (C=O) groups excluding carboxylic acids is 2. The smallest absolute Gasteiger partial charge is 0.407 e. The quantitative estimate of drug-likeness (QED) is 0.410. The first-order valence-electron chi connectivity index (χ1n) is 11.1. The molecule has 36 heavy (non-hydrogen) atoms. The van der Waals surface area contributed by atoms with Gasteiger partial charge in [-0.3, -0.25) is 15.4 Å². The van der Waals surface area contributed by atoms with E-state index in [2.05, 4.69) is 15.6 Å². The van der Waals surface area contributed by atoms with Crippen molar-refractivity contribution in [1.82, 2.24) is 15.2 Å². The summed E-state index contributed by atoms with van der Waals surface area (Å²) in [6.45, 7) is 0.834. The average molecular weight is 551 g/mol. The predicted octanol–water partition coefficient (Wildman–Crippen LogP) is 4.47. The lowest BCUT2D eigenvalue weighted by molar-refractivity contribution is 0.0967. The fourth-order valence-electron chi connectivity index (χ4n) is 3.95. The second kappa shape index (κ2) is 10.8. The van der Waals surface area contributed by atoms with E-state index in [0.717, 1.165) is 11.3 Å². The van der Waals surface area contributed by atoms with Crippen LogP contribution in [0.1, 0.15) is 29.6 Å². The third kappa shape index (κ3) is 6.12. The van der Waals surface area contributed by atoms with Gasteiger partial charge in [-0.25, -0.2) is 23.0 Å². The Kier molecular flexibility index (Phi) is 7.76. The molecule has 1 aromatic heterocycles. The minimum absolute atomic E-state index is 0.0350. The zero-order valence-corrected chi connectivity index (χ0v) is 21.3. The number of hydrogen-bond acceptors (Lipinski definition) is 7. The molecule has 0 spiro atoms. The van der Waals surface area contributed by atoms with E-state index >= 15 is 0 Å². The van der Waals surface area contributed by atoms with Gasteiger partial charge in [0, 0.05) is 13.1 Å². The van der Waals surface area contributed by atoms with Gasteiger partial charge in [-0.1, -0.05) is 35.1 Å².